The Morgan fingerprint density at radius 3 is 2.42 bits per heavy atom. The summed E-state index contributed by atoms with van der Waals surface area (Å²) in [5, 5.41) is 26.7. The van der Waals surface area contributed by atoms with E-state index in [0.29, 0.717) is 33.1 Å². The molecule has 0 unspecified atom stereocenters. The number of aromatic nitrogens is 1. The third-order valence-electron chi connectivity index (χ3n) is 6.08. The number of nitrogens with two attached hydrogens (primary N) is 1. The van der Waals surface area contributed by atoms with Crippen LogP contribution in [0, 0.1) is 11.3 Å². The summed E-state index contributed by atoms with van der Waals surface area (Å²) < 4.78 is 10.6. The number of aromatic hydroxyl groups is 1. The van der Waals surface area contributed by atoms with Gasteiger partial charge < -0.3 is 30.9 Å². The standard InChI is InChI=1S/C30H26ClN5O5.2ClH/c1-40-20-7-9-22(27(14-20)41-2)30(39)36-29-24(16-33)23(15-25(35-29)21-8-6-18(31)13-26(21)37)17-4-3-5-19(12-17)34-28(38)10-11-32;;/h3-9,12-15,37H,10-11,32H2,1-2H3,(H,34,38)(H,35,36,39);2*1H. The maximum Gasteiger partial charge on any atom is 0.260 e. The first kappa shape index (κ1) is 34.7. The molecule has 0 spiro atoms. The van der Waals surface area contributed by atoms with Crippen LogP contribution in [-0.2, 0) is 4.79 Å². The van der Waals surface area contributed by atoms with Gasteiger partial charge in [0.2, 0.25) is 5.91 Å². The van der Waals surface area contributed by atoms with Crippen molar-refractivity contribution in [3.05, 3.63) is 82.9 Å². The highest BCUT2D eigenvalue weighted by Gasteiger charge is 2.21. The van der Waals surface area contributed by atoms with Crippen LogP contribution in [0.1, 0.15) is 22.3 Å². The van der Waals surface area contributed by atoms with Gasteiger partial charge in [-0.15, -0.1) is 24.8 Å². The van der Waals surface area contributed by atoms with Crippen LogP contribution in [0.25, 0.3) is 22.4 Å². The van der Waals surface area contributed by atoms with Gasteiger partial charge in [-0.05, 0) is 54.1 Å². The first-order chi connectivity index (χ1) is 19.8. The molecule has 1 heterocycles. The van der Waals surface area contributed by atoms with Crippen LogP contribution in [0.5, 0.6) is 17.2 Å². The number of amides is 2. The number of nitrogens with one attached hydrogen (secondary N) is 2. The number of ether oxygens (including phenoxy) is 2. The lowest BCUT2D eigenvalue weighted by molar-refractivity contribution is -0.116. The third-order valence-corrected chi connectivity index (χ3v) is 6.32. The van der Waals surface area contributed by atoms with Gasteiger partial charge in [-0.2, -0.15) is 5.26 Å². The molecule has 0 aliphatic rings. The molecule has 0 fully saturated rings. The van der Waals surface area contributed by atoms with E-state index in [2.05, 4.69) is 21.7 Å². The number of rotatable bonds is 9. The van der Waals surface area contributed by atoms with Crippen molar-refractivity contribution in [2.75, 3.05) is 31.4 Å². The van der Waals surface area contributed by atoms with Crippen LogP contribution in [0.2, 0.25) is 5.02 Å². The van der Waals surface area contributed by atoms with Crippen LogP contribution >= 0.6 is 36.4 Å². The number of hydrogen-bond acceptors (Lipinski definition) is 8. The normalized spacial score (nSPS) is 9.93. The van der Waals surface area contributed by atoms with E-state index in [9.17, 15) is 20.0 Å². The SMILES string of the molecule is COc1ccc(C(=O)Nc2nc(-c3ccc(Cl)cc3O)cc(-c3cccc(NC(=O)CCN)c3)c2C#N)c(OC)c1.Cl.Cl. The number of nitriles is 1. The van der Waals surface area contributed by atoms with Crippen LogP contribution in [0.4, 0.5) is 11.5 Å². The Morgan fingerprint density at radius 1 is 1.00 bits per heavy atom. The Balaban J connectivity index is 0.00000323. The third kappa shape index (κ3) is 8.06. The second-order valence-electron chi connectivity index (χ2n) is 8.74. The number of carbonyl (C=O) groups excluding carboxylic acids is 2. The van der Waals surface area contributed by atoms with E-state index in [1.165, 1.54) is 26.4 Å². The van der Waals surface area contributed by atoms with E-state index in [0.717, 1.165) is 0 Å². The Morgan fingerprint density at radius 2 is 1.77 bits per heavy atom. The van der Waals surface area contributed by atoms with E-state index in [1.54, 1.807) is 54.6 Å². The molecule has 5 N–H and O–H groups in total. The summed E-state index contributed by atoms with van der Waals surface area (Å²) in [4.78, 5) is 30.1. The number of nitrogens with zero attached hydrogens (tertiary/aromatic N) is 2. The summed E-state index contributed by atoms with van der Waals surface area (Å²) >= 11 is 6.04. The lowest BCUT2D eigenvalue weighted by Gasteiger charge is -2.16. The summed E-state index contributed by atoms with van der Waals surface area (Å²) in [5.74, 6) is -0.275. The zero-order valence-corrected chi connectivity index (χ0v) is 25.4. The Bertz CT molecular complexity index is 1680. The predicted octanol–water partition coefficient (Wildman–Crippen LogP) is 6.05. The smallest absolute Gasteiger partial charge is 0.260 e. The molecule has 3 aromatic carbocycles. The molecule has 1 aromatic heterocycles. The van der Waals surface area contributed by atoms with Gasteiger partial charge in [0.1, 0.15) is 28.9 Å². The van der Waals surface area contributed by atoms with Crippen molar-refractivity contribution < 1.29 is 24.2 Å². The number of methoxy groups -OCH3 is 2. The number of carbonyl (C=O) groups is 2. The Labute approximate surface area is 265 Å². The van der Waals surface area contributed by atoms with E-state index < -0.39 is 5.91 Å². The summed E-state index contributed by atoms with van der Waals surface area (Å²) in [5.41, 5.74) is 7.77. The van der Waals surface area contributed by atoms with Gasteiger partial charge in [0.25, 0.3) is 5.91 Å². The summed E-state index contributed by atoms with van der Waals surface area (Å²) in [6.45, 7) is 0.199. The van der Waals surface area contributed by atoms with Gasteiger partial charge >= 0.3 is 0 Å². The van der Waals surface area contributed by atoms with E-state index in [1.807, 2.05) is 0 Å². The highest BCUT2D eigenvalue weighted by Crippen LogP contribution is 2.37. The molecule has 0 bridgehead atoms. The van der Waals surface area contributed by atoms with Gasteiger partial charge in [-0.25, -0.2) is 4.98 Å². The summed E-state index contributed by atoms with van der Waals surface area (Å²) in [6, 6.07) is 19.8. The lowest BCUT2D eigenvalue weighted by Crippen LogP contribution is -2.16. The summed E-state index contributed by atoms with van der Waals surface area (Å²) in [7, 11) is 2.92. The zero-order valence-electron chi connectivity index (χ0n) is 23.0. The molecule has 4 aromatic rings. The number of phenolic OH excluding ortho intramolecular Hbond substituents is 1. The first-order valence-corrected chi connectivity index (χ1v) is 12.7. The molecule has 224 valence electrons. The minimum atomic E-state index is -0.584. The van der Waals surface area contributed by atoms with Crippen molar-refractivity contribution >= 4 is 59.7 Å². The highest BCUT2D eigenvalue weighted by molar-refractivity contribution is 6.30. The van der Waals surface area contributed by atoms with Crippen LogP contribution in [0.15, 0.2) is 66.7 Å². The van der Waals surface area contributed by atoms with Crippen LogP contribution < -0.4 is 25.8 Å². The fourth-order valence-electron chi connectivity index (χ4n) is 4.12. The molecule has 0 atom stereocenters. The molecular weight excluding hydrogens is 617 g/mol. The fourth-order valence-corrected chi connectivity index (χ4v) is 4.28. The molecule has 4 rings (SSSR count). The number of anilines is 2. The van der Waals surface area contributed by atoms with Gasteiger partial charge in [0.05, 0.1) is 25.5 Å². The molecule has 13 heteroatoms. The molecule has 0 aliphatic carbocycles. The Kier molecular flexibility index (Phi) is 12.6. The second kappa shape index (κ2) is 15.6. The van der Waals surface area contributed by atoms with Crippen molar-refractivity contribution in [1.82, 2.24) is 4.98 Å². The molecule has 0 saturated heterocycles. The van der Waals surface area contributed by atoms with E-state index in [-0.39, 0.29) is 77.8 Å². The van der Waals surface area contributed by atoms with E-state index in [4.69, 9.17) is 26.8 Å². The van der Waals surface area contributed by atoms with Crippen LogP contribution in [-0.4, -0.2) is 42.7 Å². The number of hydrogen-bond donors (Lipinski definition) is 4. The first-order valence-electron chi connectivity index (χ1n) is 12.4. The van der Waals surface area contributed by atoms with Crippen LogP contribution in [0.3, 0.4) is 0 Å². The topological polar surface area (TPSA) is 160 Å². The van der Waals surface area contributed by atoms with Gasteiger partial charge in [-0.1, -0.05) is 23.7 Å². The molecule has 43 heavy (non-hydrogen) atoms. The number of benzene rings is 3. The quantitative estimate of drug-likeness (QED) is 0.171. The average molecular weight is 645 g/mol. The maximum atomic E-state index is 13.4. The van der Waals surface area contributed by atoms with Crippen molar-refractivity contribution in [3.8, 4) is 45.7 Å². The van der Waals surface area contributed by atoms with Gasteiger partial charge in [-0.3, -0.25) is 9.59 Å². The summed E-state index contributed by atoms with van der Waals surface area (Å²) in [6.07, 6.45) is 0.147. The van der Waals surface area contributed by atoms with E-state index >= 15 is 0 Å². The lowest BCUT2D eigenvalue weighted by atomic mass is 9.97. The molecule has 0 aliphatic heterocycles. The van der Waals surface area contributed by atoms with Crippen molar-refractivity contribution in [3.63, 3.8) is 0 Å². The number of halogens is 3. The number of phenols is 1. The molecular formula is C30H28Cl3N5O5. The molecule has 0 saturated carbocycles. The number of pyridine rings is 1. The largest absolute Gasteiger partial charge is 0.507 e. The molecule has 0 radical (unpaired) electrons. The second-order valence-corrected chi connectivity index (χ2v) is 9.18. The molecule has 2 amide bonds. The van der Waals surface area contributed by atoms with Crippen molar-refractivity contribution in [1.29, 1.82) is 5.26 Å². The Hall–Kier alpha value is -4.53. The zero-order chi connectivity index (χ0) is 29.5. The van der Waals surface area contributed by atoms with Crippen molar-refractivity contribution in [2.45, 2.75) is 6.42 Å². The predicted molar refractivity (Wildman–Crippen MR) is 171 cm³/mol. The van der Waals surface area contributed by atoms with Gasteiger partial charge in [0, 0.05) is 40.9 Å². The highest BCUT2D eigenvalue weighted by atomic mass is 35.5. The van der Waals surface area contributed by atoms with Crippen molar-refractivity contribution in [2.24, 2.45) is 5.73 Å². The van der Waals surface area contributed by atoms with Gasteiger partial charge in [0.15, 0.2) is 5.82 Å². The minimum Gasteiger partial charge on any atom is -0.507 e. The fraction of sp³-hybridized carbons (Fsp3) is 0.133. The molecule has 10 nitrogen and oxygen atoms in total. The minimum absolute atomic E-state index is 0. The average Bonchev–Trinajstić information content (AvgIpc) is 2.96. The monoisotopic (exact) mass is 643 g/mol. The maximum absolute atomic E-state index is 13.4.